The normalized spacial score (nSPS) is 11.7. The lowest BCUT2D eigenvalue weighted by Gasteiger charge is -2.11. The van der Waals surface area contributed by atoms with Gasteiger partial charge in [-0.1, -0.05) is 30.1 Å². The Balaban J connectivity index is 1.93. The highest BCUT2D eigenvalue weighted by molar-refractivity contribution is 7.14. The van der Waals surface area contributed by atoms with E-state index in [4.69, 9.17) is 23.2 Å². The summed E-state index contributed by atoms with van der Waals surface area (Å²) in [6.45, 7) is 3.78. The van der Waals surface area contributed by atoms with Crippen LogP contribution in [0.5, 0.6) is 0 Å². The second-order valence-corrected chi connectivity index (χ2v) is 7.05. The van der Waals surface area contributed by atoms with Crippen LogP contribution in [0.4, 0.5) is 10.8 Å². The van der Waals surface area contributed by atoms with Gasteiger partial charge in [0.25, 0.3) is 5.91 Å². The van der Waals surface area contributed by atoms with Crippen molar-refractivity contribution in [3.05, 3.63) is 39.3 Å². The van der Waals surface area contributed by atoms with Gasteiger partial charge in [-0.2, -0.15) is 0 Å². The van der Waals surface area contributed by atoms with Gasteiger partial charge in [-0.15, -0.1) is 11.3 Å². The van der Waals surface area contributed by atoms with Crippen LogP contribution < -0.4 is 16.0 Å². The van der Waals surface area contributed by atoms with Gasteiger partial charge in [0, 0.05) is 16.4 Å². The third-order valence-corrected chi connectivity index (χ3v) is 4.66. The molecule has 3 N–H and O–H groups in total. The molecule has 0 spiro atoms. The Morgan fingerprint density at radius 2 is 2.08 bits per heavy atom. The topological polar surface area (TPSA) is 83.1 Å². The molecule has 1 heterocycles. The number of amides is 2. The number of thiazole rings is 1. The van der Waals surface area contributed by atoms with E-state index in [0.29, 0.717) is 20.9 Å². The molecule has 0 fully saturated rings. The lowest BCUT2D eigenvalue weighted by atomic mass is 10.2. The molecule has 9 heteroatoms. The Labute approximate surface area is 159 Å². The maximum atomic E-state index is 12.1. The van der Waals surface area contributed by atoms with Crippen molar-refractivity contribution in [2.75, 3.05) is 11.9 Å². The molecule has 0 aliphatic carbocycles. The maximum Gasteiger partial charge on any atom is 0.271 e. The van der Waals surface area contributed by atoms with Crippen LogP contribution in [-0.4, -0.2) is 29.4 Å². The summed E-state index contributed by atoms with van der Waals surface area (Å²) in [4.78, 5) is 27.9. The summed E-state index contributed by atoms with van der Waals surface area (Å²) in [5.74, 6) is -0.650. The highest BCUT2D eigenvalue weighted by Crippen LogP contribution is 2.29. The first-order valence-corrected chi connectivity index (χ1v) is 9.27. The van der Waals surface area contributed by atoms with Crippen molar-refractivity contribution in [1.82, 2.24) is 15.6 Å². The molecule has 0 aliphatic rings. The highest BCUT2D eigenvalue weighted by atomic mass is 35.5. The largest absolute Gasteiger partial charge is 0.352 e. The molecule has 2 aromatic rings. The van der Waals surface area contributed by atoms with E-state index >= 15 is 0 Å². The summed E-state index contributed by atoms with van der Waals surface area (Å²) in [6.07, 6.45) is 0.826. The molecule has 0 radical (unpaired) electrons. The van der Waals surface area contributed by atoms with Crippen LogP contribution in [0.15, 0.2) is 23.6 Å². The first kappa shape index (κ1) is 19.5. The average molecular weight is 401 g/mol. The van der Waals surface area contributed by atoms with Gasteiger partial charge in [-0.25, -0.2) is 4.98 Å². The van der Waals surface area contributed by atoms with Crippen molar-refractivity contribution in [3.8, 4) is 0 Å². The molecule has 1 aromatic heterocycles. The Bertz CT molecular complexity index is 766. The monoisotopic (exact) mass is 400 g/mol. The number of nitrogens with one attached hydrogen (secondary N) is 3. The van der Waals surface area contributed by atoms with Gasteiger partial charge in [0.2, 0.25) is 5.91 Å². The van der Waals surface area contributed by atoms with Crippen LogP contribution in [0.1, 0.15) is 30.8 Å². The predicted octanol–water partition coefficient (Wildman–Crippen LogP) is 3.84. The molecule has 2 amide bonds. The van der Waals surface area contributed by atoms with Crippen LogP contribution in [0.25, 0.3) is 0 Å². The zero-order chi connectivity index (χ0) is 18.4. The van der Waals surface area contributed by atoms with Crippen LogP contribution in [0, 0.1) is 0 Å². The van der Waals surface area contributed by atoms with Crippen LogP contribution >= 0.6 is 34.5 Å². The van der Waals surface area contributed by atoms with E-state index in [1.54, 1.807) is 23.6 Å². The van der Waals surface area contributed by atoms with Crippen LogP contribution in [0.2, 0.25) is 10.0 Å². The number of carbonyl (C=O) groups is 2. The first-order valence-electron chi connectivity index (χ1n) is 7.64. The molecule has 0 bridgehead atoms. The number of hydrogen-bond donors (Lipinski definition) is 3. The molecule has 1 atom stereocenters. The second-order valence-electron chi connectivity index (χ2n) is 5.35. The number of benzene rings is 1. The number of aromatic nitrogens is 1. The van der Waals surface area contributed by atoms with Crippen molar-refractivity contribution in [2.45, 2.75) is 26.3 Å². The minimum Gasteiger partial charge on any atom is -0.352 e. The van der Waals surface area contributed by atoms with Gasteiger partial charge < -0.3 is 16.0 Å². The summed E-state index contributed by atoms with van der Waals surface area (Å²) in [7, 11) is 0. The van der Waals surface area contributed by atoms with Crippen LogP contribution in [-0.2, 0) is 4.79 Å². The van der Waals surface area contributed by atoms with E-state index in [-0.39, 0.29) is 24.2 Å². The summed E-state index contributed by atoms with van der Waals surface area (Å²) < 4.78 is 0. The van der Waals surface area contributed by atoms with Gasteiger partial charge in [0.15, 0.2) is 5.13 Å². The molecule has 2 rings (SSSR count). The van der Waals surface area contributed by atoms with Gasteiger partial charge in [0.1, 0.15) is 5.69 Å². The van der Waals surface area contributed by atoms with Gasteiger partial charge in [-0.3, -0.25) is 9.59 Å². The molecular formula is C16H18Cl2N4O2S. The third kappa shape index (κ3) is 5.88. The third-order valence-electron chi connectivity index (χ3n) is 3.34. The SMILES string of the molecule is CCC(C)NC(=O)CNC(=O)c1csc(Nc2cc(Cl)ccc2Cl)n1. The number of rotatable bonds is 7. The maximum absolute atomic E-state index is 12.1. The van der Waals surface area contributed by atoms with Crippen molar-refractivity contribution < 1.29 is 9.59 Å². The number of anilines is 2. The average Bonchev–Trinajstić information content (AvgIpc) is 3.04. The molecule has 0 saturated heterocycles. The Hall–Kier alpha value is -1.83. The van der Waals surface area contributed by atoms with E-state index in [1.807, 2.05) is 13.8 Å². The quantitative estimate of drug-likeness (QED) is 0.659. The molecule has 0 aliphatic heterocycles. The fourth-order valence-electron chi connectivity index (χ4n) is 1.82. The zero-order valence-electron chi connectivity index (χ0n) is 13.7. The Kier molecular flexibility index (Phi) is 7.04. The molecular weight excluding hydrogens is 383 g/mol. The predicted molar refractivity (Wildman–Crippen MR) is 102 cm³/mol. The highest BCUT2D eigenvalue weighted by Gasteiger charge is 2.13. The van der Waals surface area contributed by atoms with Crippen molar-refractivity contribution in [1.29, 1.82) is 0 Å². The summed E-state index contributed by atoms with van der Waals surface area (Å²) >= 11 is 13.3. The van der Waals surface area contributed by atoms with Crippen LogP contribution in [0.3, 0.4) is 0 Å². The van der Waals surface area contributed by atoms with E-state index in [2.05, 4.69) is 20.9 Å². The van der Waals surface area contributed by atoms with E-state index in [9.17, 15) is 9.59 Å². The van der Waals surface area contributed by atoms with E-state index in [0.717, 1.165) is 6.42 Å². The number of carbonyl (C=O) groups excluding carboxylic acids is 2. The molecule has 134 valence electrons. The molecule has 1 aromatic carbocycles. The van der Waals surface area contributed by atoms with Gasteiger partial charge in [-0.05, 0) is 31.5 Å². The van der Waals surface area contributed by atoms with E-state index in [1.165, 1.54) is 11.3 Å². The smallest absolute Gasteiger partial charge is 0.271 e. The van der Waals surface area contributed by atoms with Crippen molar-refractivity contribution in [3.63, 3.8) is 0 Å². The fraction of sp³-hybridized carbons (Fsp3) is 0.312. The minimum atomic E-state index is -0.416. The first-order chi connectivity index (χ1) is 11.9. The summed E-state index contributed by atoms with van der Waals surface area (Å²) in [5.41, 5.74) is 0.824. The van der Waals surface area contributed by atoms with E-state index < -0.39 is 5.91 Å². The molecule has 1 unspecified atom stereocenters. The second kappa shape index (κ2) is 9.03. The van der Waals surface area contributed by atoms with Gasteiger partial charge in [0.05, 0.1) is 17.3 Å². The minimum absolute atomic E-state index is 0.0712. The molecule has 0 saturated carbocycles. The van der Waals surface area contributed by atoms with Crippen molar-refractivity contribution >= 4 is 57.2 Å². The number of halogens is 2. The summed E-state index contributed by atoms with van der Waals surface area (Å²) in [5, 5.41) is 11.5. The number of hydrogen-bond acceptors (Lipinski definition) is 5. The molecule has 6 nitrogen and oxygen atoms in total. The summed E-state index contributed by atoms with van der Waals surface area (Å²) in [6, 6.07) is 5.09. The lowest BCUT2D eigenvalue weighted by Crippen LogP contribution is -2.40. The molecule has 25 heavy (non-hydrogen) atoms. The Morgan fingerprint density at radius 3 is 2.80 bits per heavy atom. The van der Waals surface area contributed by atoms with Crippen molar-refractivity contribution in [2.24, 2.45) is 0 Å². The number of nitrogens with zero attached hydrogens (tertiary/aromatic N) is 1. The Morgan fingerprint density at radius 1 is 1.32 bits per heavy atom. The zero-order valence-corrected chi connectivity index (χ0v) is 16.1. The fourth-order valence-corrected chi connectivity index (χ4v) is 2.86. The standard InChI is InChI=1S/C16H18Cl2N4O2S/c1-3-9(2)20-14(23)7-19-15(24)13-8-25-16(22-13)21-12-6-10(17)4-5-11(12)18/h4-6,8-9H,3,7H2,1-2H3,(H,19,24)(H,20,23)(H,21,22). The lowest BCUT2D eigenvalue weighted by molar-refractivity contribution is -0.120. The van der Waals surface area contributed by atoms with Gasteiger partial charge >= 0.3 is 0 Å².